The Kier molecular flexibility index (Phi) is 5.03. The molecule has 1 heterocycles. The summed E-state index contributed by atoms with van der Waals surface area (Å²) in [6.45, 7) is 12.8. The van der Waals surface area contributed by atoms with Gasteiger partial charge in [-0.25, -0.2) is 4.79 Å². The Morgan fingerprint density at radius 2 is 1.85 bits per heavy atom. The van der Waals surface area contributed by atoms with Gasteiger partial charge in [0, 0.05) is 12.2 Å². The summed E-state index contributed by atoms with van der Waals surface area (Å²) in [5.74, 6) is 0. The zero-order valence-electron chi connectivity index (χ0n) is 13.4. The van der Waals surface area contributed by atoms with Crippen LogP contribution < -0.4 is 5.73 Å². The van der Waals surface area contributed by atoms with Crippen molar-refractivity contribution in [2.24, 2.45) is 0 Å². The summed E-state index contributed by atoms with van der Waals surface area (Å²) in [6, 6.07) is 3.88. The van der Waals surface area contributed by atoms with Gasteiger partial charge in [0.1, 0.15) is 5.60 Å². The van der Waals surface area contributed by atoms with Gasteiger partial charge in [0.05, 0.1) is 6.54 Å². The summed E-state index contributed by atoms with van der Waals surface area (Å²) in [4.78, 5) is 13.7. The highest BCUT2D eigenvalue weighted by Gasteiger charge is 2.28. The van der Waals surface area contributed by atoms with Gasteiger partial charge in [0.25, 0.3) is 0 Å². The molecule has 0 atom stereocenters. The van der Waals surface area contributed by atoms with Crippen LogP contribution in [0.25, 0.3) is 0 Å². The van der Waals surface area contributed by atoms with Crippen LogP contribution in [0.2, 0.25) is 0 Å². The molecule has 2 N–H and O–H groups in total. The molecule has 1 amide bonds. The number of carbonyl (C=O) groups is 1. The van der Waals surface area contributed by atoms with E-state index in [1.165, 1.54) is 0 Å². The van der Waals surface area contributed by atoms with Crippen LogP contribution >= 0.6 is 0 Å². The van der Waals surface area contributed by atoms with E-state index in [2.05, 4.69) is 0 Å². The minimum absolute atomic E-state index is 0.267. The first-order chi connectivity index (χ1) is 9.28. The largest absolute Gasteiger partial charge is 0.444 e. The summed E-state index contributed by atoms with van der Waals surface area (Å²) in [5.41, 5.74) is 9.58. The maximum atomic E-state index is 12.0. The van der Waals surface area contributed by atoms with Gasteiger partial charge >= 0.3 is 6.09 Å². The van der Waals surface area contributed by atoms with Crippen molar-refractivity contribution in [1.82, 2.24) is 4.90 Å². The molecule has 1 aliphatic heterocycles. The number of ether oxygens (including phenoxy) is 1. The second-order valence-corrected chi connectivity index (χ2v) is 5.75. The molecule has 1 aromatic rings. The lowest BCUT2D eigenvalue weighted by molar-refractivity contribution is 0.0241. The Hall–Kier alpha value is -1.71. The van der Waals surface area contributed by atoms with Crippen LogP contribution in [-0.4, -0.2) is 16.6 Å². The molecule has 0 unspecified atom stereocenters. The van der Waals surface area contributed by atoms with E-state index in [9.17, 15) is 4.79 Å². The number of anilines is 1. The van der Waals surface area contributed by atoms with Gasteiger partial charge in [0.15, 0.2) is 0 Å². The Labute approximate surface area is 121 Å². The maximum absolute atomic E-state index is 12.0. The number of hydrogen-bond acceptors (Lipinski definition) is 3. The summed E-state index contributed by atoms with van der Waals surface area (Å²) in [5, 5.41) is 0. The number of nitrogens with zero attached hydrogens (tertiary/aromatic N) is 1. The minimum atomic E-state index is -0.458. The van der Waals surface area contributed by atoms with Crippen LogP contribution in [-0.2, 0) is 17.8 Å². The summed E-state index contributed by atoms with van der Waals surface area (Å²) < 4.78 is 5.38. The number of benzene rings is 1. The molecule has 0 spiro atoms. The molecule has 20 heavy (non-hydrogen) atoms. The quantitative estimate of drug-likeness (QED) is 0.733. The Balaban J connectivity index is 0.000000956. The number of rotatable bonds is 0. The van der Waals surface area contributed by atoms with Gasteiger partial charge in [-0.3, -0.25) is 4.90 Å². The van der Waals surface area contributed by atoms with Crippen LogP contribution in [0.5, 0.6) is 0 Å². The predicted octanol–water partition coefficient (Wildman–Crippen LogP) is 3.85. The number of amides is 1. The number of hydrogen-bond donors (Lipinski definition) is 1. The first-order valence-corrected chi connectivity index (χ1v) is 7.12. The highest BCUT2D eigenvalue weighted by molar-refractivity contribution is 5.70. The SMILES string of the molecule is CC.Cc1c(N)ccc2c1CN(C(=O)OC(C)(C)C)C2. The molecule has 0 aromatic heterocycles. The van der Waals surface area contributed by atoms with Gasteiger partial charge in [-0.1, -0.05) is 19.9 Å². The Morgan fingerprint density at radius 1 is 1.25 bits per heavy atom. The third-order valence-electron chi connectivity index (χ3n) is 3.10. The summed E-state index contributed by atoms with van der Waals surface area (Å²) in [6.07, 6.45) is -0.267. The minimum Gasteiger partial charge on any atom is -0.444 e. The lowest BCUT2D eigenvalue weighted by atomic mass is 10.0. The van der Waals surface area contributed by atoms with Crippen molar-refractivity contribution in [2.45, 2.75) is 60.2 Å². The number of fused-ring (bicyclic) bond motifs is 1. The van der Waals surface area contributed by atoms with Crippen LogP contribution in [0.4, 0.5) is 10.5 Å². The highest BCUT2D eigenvalue weighted by Crippen LogP contribution is 2.29. The van der Waals surface area contributed by atoms with Crippen LogP contribution in [0.1, 0.15) is 51.3 Å². The zero-order chi connectivity index (χ0) is 15.5. The normalized spacial score (nSPS) is 13.4. The molecule has 0 radical (unpaired) electrons. The van der Waals surface area contributed by atoms with Crippen molar-refractivity contribution in [1.29, 1.82) is 0 Å². The van der Waals surface area contributed by atoms with Crippen LogP contribution in [0, 0.1) is 6.92 Å². The predicted molar refractivity (Wildman–Crippen MR) is 82.4 cm³/mol. The standard InChI is InChI=1S/C14H20N2O2.C2H6/c1-9-11-8-16(13(17)18-14(2,3)4)7-10(11)5-6-12(9)15;1-2/h5-6H,7-8,15H2,1-4H3;1-2H3. The molecular weight excluding hydrogens is 252 g/mol. The van der Waals surface area contributed by atoms with Gasteiger partial charge in [-0.2, -0.15) is 0 Å². The van der Waals surface area contributed by atoms with E-state index in [4.69, 9.17) is 10.5 Å². The number of carbonyl (C=O) groups excluding carboxylic acids is 1. The third kappa shape index (κ3) is 3.65. The molecule has 1 aromatic carbocycles. The van der Waals surface area contributed by atoms with E-state index in [0.717, 1.165) is 22.4 Å². The molecule has 0 saturated carbocycles. The Bertz CT molecular complexity index is 490. The zero-order valence-corrected chi connectivity index (χ0v) is 13.4. The van der Waals surface area contributed by atoms with Crippen molar-refractivity contribution >= 4 is 11.8 Å². The number of nitrogens with two attached hydrogens (primary N) is 1. The van der Waals surface area contributed by atoms with E-state index >= 15 is 0 Å². The molecular formula is C16H26N2O2. The Morgan fingerprint density at radius 3 is 2.40 bits per heavy atom. The summed E-state index contributed by atoms with van der Waals surface area (Å²) in [7, 11) is 0. The van der Waals surface area contributed by atoms with Gasteiger partial charge in [-0.05, 0) is 50.5 Å². The van der Waals surface area contributed by atoms with E-state index in [1.807, 2.05) is 53.7 Å². The molecule has 112 valence electrons. The van der Waals surface area contributed by atoms with Crippen molar-refractivity contribution in [3.8, 4) is 0 Å². The molecule has 0 bridgehead atoms. The fraction of sp³-hybridized carbons (Fsp3) is 0.562. The lowest BCUT2D eigenvalue weighted by Gasteiger charge is -2.24. The van der Waals surface area contributed by atoms with E-state index in [-0.39, 0.29) is 6.09 Å². The topological polar surface area (TPSA) is 55.6 Å². The van der Waals surface area contributed by atoms with Crippen LogP contribution in [0.3, 0.4) is 0 Å². The van der Waals surface area contributed by atoms with Crippen molar-refractivity contribution in [3.63, 3.8) is 0 Å². The third-order valence-corrected chi connectivity index (χ3v) is 3.10. The van der Waals surface area contributed by atoms with Crippen molar-refractivity contribution in [3.05, 3.63) is 28.8 Å². The fourth-order valence-electron chi connectivity index (χ4n) is 2.11. The number of nitrogen functional groups attached to an aromatic ring is 1. The molecule has 0 saturated heterocycles. The second-order valence-electron chi connectivity index (χ2n) is 5.75. The second kappa shape index (κ2) is 6.16. The van der Waals surface area contributed by atoms with E-state index in [0.29, 0.717) is 13.1 Å². The van der Waals surface area contributed by atoms with Crippen molar-refractivity contribution in [2.75, 3.05) is 5.73 Å². The first-order valence-electron chi connectivity index (χ1n) is 7.12. The van der Waals surface area contributed by atoms with Gasteiger partial charge in [-0.15, -0.1) is 0 Å². The monoisotopic (exact) mass is 278 g/mol. The fourth-order valence-corrected chi connectivity index (χ4v) is 2.11. The average Bonchev–Trinajstić information content (AvgIpc) is 2.79. The van der Waals surface area contributed by atoms with Gasteiger partial charge < -0.3 is 10.5 Å². The molecule has 1 aliphatic rings. The van der Waals surface area contributed by atoms with E-state index < -0.39 is 5.60 Å². The highest BCUT2D eigenvalue weighted by atomic mass is 16.6. The first kappa shape index (κ1) is 16.3. The summed E-state index contributed by atoms with van der Waals surface area (Å²) >= 11 is 0. The molecule has 4 nitrogen and oxygen atoms in total. The molecule has 0 fully saturated rings. The van der Waals surface area contributed by atoms with E-state index in [1.54, 1.807) is 4.90 Å². The molecule has 2 rings (SSSR count). The maximum Gasteiger partial charge on any atom is 0.410 e. The van der Waals surface area contributed by atoms with Crippen molar-refractivity contribution < 1.29 is 9.53 Å². The van der Waals surface area contributed by atoms with Gasteiger partial charge in [0.2, 0.25) is 0 Å². The molecule has 4 heteroatoms. The molecule has 0 aliphatic carbocycles. The average molecular weight is 278 g/mol. The smallest absolute Gasteiger partial charge is 0.410 e. The van der Waals surface area contributed by atoms with Crippen LogP contribution in [0.15, 0.2) is 12.1 Å². The lowest BCUT2D eigenvalue weighted by Crippen LogP contribution is -2.33.